The molecule has 0 bridgehead atoms. The van der Waals surface area contributed by atoms with Gasteiger partial charge in [-0.15, -0.1) is 0 Å². The van der Waals surface area contributed by atoms with E-state index >= 15 is 0 Å². The van der Waals surface area contributed by atoms with Gasteiger partial charge in [-0.3, -0.25) is 18.7 Å². The van der Waals surface area contributed by atoms with Gasteiger partial charge in [-0.2, -0.15) is 5.26 Å². The molecule has 0 saturated heterocycles. The zero-order chi connectivity index (χ0) is 17.3. The van der Waals surface area contributed by atoms with E-state index in [0.29, 0.717) is 30.8 Å². The number of Topliss-reactive ketones (excluding diaryl/α,β-unsaturated/α-hetero) is 1. The van der Waals surface area contributed by atoms with Crippen LogP contribution in [0.4, 0.5) is 0 Å². The summed E-state index contributed by atoms with van der Waals surface area (Å²) in [6, 6.07) is 8.47. The summed E-state index contributed by atoms with van der Waals surface area (Å²) >= 11 is 0. The van der Waals surface area contributed by atoms with Crippen molar-refractivity contribution < 1.29 is 9.53 Å². The van der Waals surface area contributed by atoms with Gasteiger partial charge in [0.15, 0.2) is 5.78 Å². The number of carbonyl (C=O) groups is 1. The Morgan fingerprint density at radius 2 is 2.08 bits per heavy atom. The minimum absolute atomic E-state index is 0.0556. The van der Waals surface area contributed by atoms with Gasteiger partial charge in [0, 0.05) is 12.2 Å². The second-order valence-electron chi connectivity index (χ2n) is 5.49. The first-order valence-electron chi connectivity index (χ1n) is 7.51. The van der Waals surface area contributed by atoms with Crippen LogP contribution in [0, 0.1) is 11.3 Å². The van der Waals surface area contributed by atoms with Gasteiger partial charge in [0.25, 0.3) is 5.56 Å². The van der Waals surface area contributed by atoms with Crippen LogP contribution >= 0.6 is 0 Å². The van der Waals surface area contributed by atoms with Crippen molar-refractivity contribution in [3.05, 3.63) is 61.9 Å². The van der Waals surface area contributed by atoms with Crippen molar-refractivity contribution in [1.29, 1.82) is 5.26 Å². The third-order valence-electron chi connectivity index (χ3n) is 4.15. The van der Waals surface area contributed by atoms with Crippen LogP contribution in [0.5, 0.6) is 5.75 Å². The molecular weight excluding hydrogens is 310 g/mol. The van der Waals surface area contributed by atoms with Crippen molar-refractivity contribution in [1.82, 2.24) is 9.13 Å². The summed E-state index contributed by atoms with van der Waals surface area (Å²) in [6.45, 7) is 0.0268. The molecule has 122 valence electrons. The number of nitrogens with zero attached hydrogens (tertiary/aromatic N) is 3. The van der Waals surface area contributed by atoms with Gasteiger partial charge in [0.1, 0.15) is 17.4 Å². The molecule has 0 N–H and O–H groups in total. The normalized spacial score (nSPS) is 12.5. The Hall–Kier alpha value is -3.14. The number of aromatic nitrogens is 2. The van der Waals surface area contributed by atoms with Crippen LogP contribution in [-0.2, 0) is 19.5 Å². The van der Waals surface area contributed by atoms with Crippen LogP contribution in [0.3, 0.4) is 0 Å². The first kappa shape index (κ1) is 15.7. The largest absolute Gasteiger partial charge is 0.496 e. The van der Waals surface area contributed by atoms with E-state index in [0.717, 1.165) is 4.57 Å². The third kappa shape index (κ3) is 2.42. The lowest BCUT2D eigenvalue weighted by Gasteiger charge is -2.11. The molecule has 1 aromatic carbocycles. The predicted octanol–water partition coefficient (Wildman–Crippen LogP) is 0.719. The summed E-state index contributed by atoms with van der Waals surface area (Å²) in [6.07, 6.45) is 1.22. The van der Waals surface area contributed by atoms with E-state index in [1.54, 1.807) is 24.3 Å². The molecule has 3 rings (SSSR count). The summed E-state index contributed by atoms with van der Waals surface area (Å²) in [4.78, 5) is 37.5. The molecule has 1 aliphatic heterocycles. The minimum Gasteiger partial charge on any atom is -0.496 e. The fourth-order valence-electron chi connectivity index (χ4n) is 2.99. The second-order valence-corrected chi connectivity index (χ2v) is 5.49. The molecule has 0 unspecified atom stereocenters. The Kier molecular flexibility index (Phi) is 4.04. The highest BCUT2D eigenvalue weighted by Gasteiger charge is 2.24. The van der Waals surface area contributed by atoms with Crippen molar-refractivity contribution in [2.75, 3.05) is 7.11 Å². The number of methoxy groups -OCH3 is 1. The van der Waals surface area contributed by atoms with E-state index in [-0.39, 0.29) is 11.1 Å². The molecule has 0 atom stereocenters. The van der Waals surface area contributed by atoms with E-state index < -0.39 is 23.6 Å². The Labute approximate surface area is 137 Å². The average Bonchev–Trinajstić information content (AvgIpc) is 3.08. The Morgan fingerprint density at radius 3 is 2.79 bits per heavy atom. The predicted molar refractivity (Wildman–Crippen MR) is 85.3 cm³/mol. The summed E-state index contributed by atoms with van der Waals surface area (Å²) in [7, 11) is 1.44. The number of fused-ring (bicyclic) bond motifs is 1. The molecule has 7 nitrogen and oxygen atoms in total. The maximum Gasteiger partial charge on any atom is 0.331 e. The maximum atomic E-state index is 12.5. The van der Waals surface area contributed by atoms with Gasteiger partial charge >= 0.3 is 5.69 Å². The average molecular weight is 325 g/mol. The van der Waals surface area contributed by atoms with Gasteiger partial charge in [-0.05, 0) is 25.0 Å². The van der Waals surface area contributed by atoms with Gasteiger partial charge in [0.2, 0.25) is 0 Å². The topological polar surface area (TPSA) is 94.1 Å². The first-order chi connectivity index (χ1) is 11.6. The van der Waals surface area contributed by atoms with Crippen molar-refractivity contribution in [3.63, 3.8) is 0 Å². The van der Waals surface area contributed by atoms with Gasteiger partial charge in [-0.25, -0.2) is 4.79 Å². The van der Waals surface area contributed by atoms with E-state index in [4.69, 9.17) is 4.74 Å². The van der Waals surface area contributed by atoms with Gasteiger partial charge in [0.05, 0.1) is 19.2 Å². The number of para-hydroxylation sites is 1. The lowest BCUT2D eigenvalue weighted by Crippen LogP contribution is -2.43. The van der Waals surface area contributed by atoms with E-state index in [9.17, 15) is 19.6 Å². The molecule has 0 radical (unpaired) electrons. The molecule has 24 heavy (non-hydrogen) atoms. The molecule has 0 fully saturated rings. The van der Waals surface area contributed by atoms with Crippen LogP contribution in [0.15, 0.2) is 33.9 Å². The van der Waals surface area contributed by atoms with Crippen molar-refractivity contribution in [3.8, 4) is 11.8 Å². The molecule has 0 saturated carbocycles. The molecule has 1 aromatic heterocycles. The molecule has 7 heteroatoms. The first-order valence-corrected chi connectivity index (χ1v) is 7.51. The number of nitriles is 1. The summed E-state index contributed by atoms with van der Waals surface area (Å²) < 4.78 is 7.39. The number of ketones is 1. The van der Waals surface area contributed by atoms with Crippen LogP contribution in [0.2, 0.25) is 0 Å². The van der Waals surface area contributed by atoms with Crippen molar-refractivity contribution in [2.24, 2.45) is 0 Å². The zero-order valence-electron chi connectivity index (χ0n) is 13.1. The fourth-order valence-corrected chi connectivity index (χ4v) is 2.99. The van der Waals surface area contributed by atoms with Crippen molar-refractivity contribution >= 4 is 5.78 Å². The monoisotopic (exact) mass is 325 g/mol. The minimum atomic E-state index is -0.709. The molecule has 2 heterocycles. The number of benzene rings is 1. The molecular formula is C17H15N3O4. The lowest BCUT2D eigenvalue weighted by atomic mass is 10.1. The number of carbonyl (C=O) groups excluding carboxylic acids is 1. The van der Waals surface area contributed by atoms with Crippen LogP contribution in [0.25, 0.3) is 0 Å². The highest BCUT2D eigenvalue weighted by molar-refractivity contribution is 5.98. The van der Waals surface area contributed by atoms with Crippen LogP contribution < -0.4 is 16.0 Å². The fraction of sp³-hybridized carbons (Fsp3) is 0.294. The number of hydrogen-bond acceptors (Lipinski definition) is 5. The number of ether oxygens (including phenoxy) is 1. The van der Waals surface area contributed by atoms with Crippen LogP contribution in [0.1, 0.15) is 28.0 Å². The smallest absolute Gasteiger partial charge is 0.331 e. The molecule has 0 spiro atoms. The summed E-state index contributed by atoms with van der Waals surface area (Å²) in [5.41, 5.74) is -0.558. The molecule has 1 aliphatic rings. The van der Waals surface area contributed by atoms with E-state index in [1.165, 1.54) is 11.7 Å². The quantitative estimate of drug-likeness (QED) is 0.772. The molecule has 2 aromatic rings. The molecule has 0 amide bonds. The summed E-state index contributed by atoms with van der Waals surface area (Å²) in [5, 5.41) is 9.25. The van der Waals surface area contributed by atoms with Crippen molar-refractivity contribution in [2.45, 2.75) is 25.9 Å². The van der Waals surface area contributed by atoms with Crippen LogP contribution in [-0.4, -0.2) is 22.0 Å². The second kappa shape index (κ2) is 6.16. The number of hydrogen-bond donors (Lipinski definition) is 0. The third-order valence-corrected chi connectivity index (χ3v) is 4.15. The standard InChI is InChI=1S/C17H15N3O4/c1-24-15-7-3-2-5-11(15)14(21)10-20-16(22)12(9-18)13-6-4-8-19(13)17(20)23/h2-3,5,7H,4,6,8,10H2,1H3. The Morgan fingerprint density at radius 1 is 1.33 bits per heavy atom. The van der Waals surface area contributed by atoms with E-state index in [2.05, 4.69) is 0 Å². The zero-order valence-corrected chi connectivity index (χ0v) is 13.1. The highest BCUT2D eigenvalue weighted by Crippen LogP contribution is 2.18. The number of rotatable bonds is 4. The Balaban J connectivity index is 2.09. The lowest BCUT2D eigenvalue weighted by molar-refractivity contribution is 0.0965. The SMILES string of the molecule is COc1ccccc1C(=O)Cn1c(=O)c(C#N)c2n(c1=O)CCC2. The summed E-state index contributed by atoms with van der Waals surface area (Å²) in [5.74, 6) is -0.0496. The van der Waals surface area contributed by atoms with Gasteiger partial charge in [-0.1, -0.05) is 12.1 Å². The highest BCUT2D eigenvalue weighted by atomic mass is 16.5. The van der Waals surface area contributed by atoms with E-state index in [1.807, 2.05) is 6.07 Å². The maximum absolute atomic E-state index is 12.5. The Bertz CT molecular complexity index is 979. The molecule has 0 aliphatic carbocycles. The van der Waals surface area contributed by atoms with Gasteiger partial charge < -0.3 is 4.74 Å².